The highest BCUT2D eigenvalue weighted by atomic mass is 16.6. The molecule has 0 aliphatic carbocycles. The maximum Gasteiger partial charge on any atom is 0.414 e. The van der Waals surface area contributed by atoms with Crippen LogP contribution in [-0.4, -0.2) is 33.0 Å². The number of hydrogen-bond donors (Lipinski definition) is 1. The molecule has 0 saturated carbocycles. The zero-order chi connectivity index (χ0) is 14.5. The normalized spacial score (nSPS) is 17.1. The first-order chi connectivity index (χ1) is 9.60. The molecule has 2 heterocycles. The Balaban J connectivity index is 1.87. The van der Waals surface area contributed by atoms with Gasteiger partial charge in [-0.05, 0) is 11.3 Å². The van der Waals surface area contributed by atoms with Gasteiger partial charge in [0.15, 0.2) is 0 Å². The number of nitrogens with one attached hydrogen (secondary N) is 1. The van der Waals surface area contributed by atoms with E-state index in [2.05, 4.69) is 17.2 Å². The molecule has 2 rings (SSSR count). The smallest absolute Gasteiger partial charge is 0.414 e. The fraction of sp³-hybridized carbons (Fsp3) is 0.667. The Hall–Kier alpha value is -2.12. The number of nitro groups is 1. The van der Waals surface area contributed by atoms with Gasteiger partial charge in [0, 0.05) is 11.4 Å². The van der Waals surface area contributed by atoms with Crippen LogP contribution in [0.15, 0.2) is 6.20 Å². The van der Waals surface area contributed by atoms with E-state index in [0.717, 1.165) is 19.3 Å². The zero-order valence-corrected chi connectivity index (χ0v) is 11.4. The number of aromatic nitrogens is 2. The molecule has 1 amide bonds. The lowest BCUT2D eigenvalue weighted by Gasteiger charge is -2.23. The maximum atomic E-state index is 11.7. The topological polar surface area (TPSA) is 99.3 Å². The second kappa shape index (κ2) is 6.36. The number of carbonyl (C=O) groups excluding carboxylic acids is 1. The van der Waals surface area contributed by atoms with Crippen molar-refractivity contribution in [2.24, 2.45) is 0 Å². The predicted molar refractivity (Wildman–Crippen MR) is 70.4 cm³/mol. The molecule has 1 aliphatic heterocycles. The number of rotatable bonds is 6. The third kappa shape index (κ3) is 3.46. The van der Waals surface area contributed by atoms with E-state index in [-0.39, 0.29) is 30.4 Å². The van der Waals surface area contributed by atoms with Crippen LogP contribution in [0.4, 0.5) is 5.82 Å². The Morgan fingerprint density at radius 1 is 1.65 bits per heavy atom. The minimum atomic E-state index is -0.562. The van der Waals surface area contributed by atoms with Crippen molar-refractivity contribution in [1.29, 1.82) is 0 Å². The van der Waals surface area contributed by atoms with Crippen molar-refractivity contribution in [2.75, 3.05) is 6.61 Å². The van der Waals surface area contributed by atoms with Crippen molar-refractivity contribution in [3.05, 3.63) is 16.3 Å². The van der Waals surface area contributed by atoms with E-state index in [1.807, 2.05) is 0 Å². The third-order valence-corrected chi connectivity index (χ3v) is 3.12. The molecule has 1 aliphatic rings. The van der Waals surface area contributed by atoms with Crippen LogP contribution in [-0.2, 0) is 11.3 Å². The van der Waals surface area contributed by atoms with Crippen molar-refractivity contribution in [2.45, 2.75) is 45.2 Å². The van der Waals surface area contributed by atoms with Crippen LogP contribution in [0.1, 0.15) is 32.6 Å². The Bertz CT molecular complexity index is 500. The number of carbonyl (C=O) groups is 1. The van der Waals surface area contributed by atoms with E-state index in [1.165, 1.54) is 6.20 Å². The summed E-state index contributed by atoms with van der Waals surface area (Å²) < 4.78 is 6.88. The van der Waals surface area contributed by atoms with Gasteiger partial charge in [-0.1, -0.05) is 19.8 Å². The van der Waals surface area contributed by atoms with Gasteiger partial charge in [0.1, 0.15) is 12.8 Å². The number of ether oxygens (including phenoxy) is 1. The Morgan fingerprint density at radius 3 is 3.15 bits per heavy atom. The number of unbranched alkanes of at least 4 members (excludes halogenated alkanes) is 2. The first kappa shape index (κ1) is 14.3. The van der Waals surface area contributed by atoms with Gasteiger partial charge in [0.2, 0.25) is 5.91 Å². The summed E-state index contributed by atoms with van der Waals surface area (Å²) in [6.07, 6.45) is 4.80. The number of hydrogen-bond acceptors (Lipinski definition) is 5. The highest BCUT2D eigenvalue weighted by molar-refractivity contribution is 5.76. The zero-order valence-electron chi connectivity index (χ0n) is 11.4. The third-order valence-electron chi connectivity index (χ3n) is 3.12. The summed E-state index contributed by atoms with van der Waals surface area (Å²) in [5.41, 5.74) is 0. The number of amides is 1. The molecule has 110 valence electrons. The second-order valence-electron chi connectivity index (χ2n) is 4.82. The standard InChI is InChI=1S/C12H18N4O4/c1-2-3-4-5-11(17)13-9-6-15-7-10(16(18)19)14-12(15)20-8-9/h7,9H,2-6,8H2,1H3,(H,13,17)/t9-/m0/s1. The molecule has 1 atom stereocenters. The Morgan fingerprint density at radius 2 is 2.45 bits per heavy atom. The average molecular weight is 282 g/mol. The van der Waals surface area contributed by atoms with Crippen LogP contribution in [0, 0.1) is 10.1 Å². The molecule has 0 fully saturated rings. The fourth-order valence-electron chi connectivity index (χ4n) is 2.11. The van der Waals surface area contributed by atoms with E-state index < -0.39 is 4.92 Å². The van der Waals surface area contributed by atoms with E-state index in [4.69, 9.17) is 4.74 Å². The van der Waals surface area contributed by atoms with Crippen molar-refractivity contribution in [3.8, 4) is 6.01 Å². The summed E-state index contributed by atoms with van der Waals surface area (Å²) in [6.45, 7) is 2.81. The average Bonchev–Trinajstić information content (AvgIpc) is 2.82. The molecule has 8 nitrogen and oxygen atoms in total. The molecule has 1 aromatic heterocycles. The van der Waals surface area contributed by atoms with Gasteiger partial charge < -0.3 is 20.2 Å². The fourth-order valence-corrected chi connectivity index (χ4v) is 2.11. The van der Waals surface area contributed by atoms with Crippen LogP contribution in [0.25, 0.3) is 0 Å². The molecule has 1 N–H and O–H groups in total. The summed E-state index contributed by atoms with van der Waals surface area (Å²) in [5, 5.41) is 13.5. The van der Waals surface area contributed by atoms with Crippen molar-refractivity contribution in [1.82, 2.24) is 14.9 Å². The lowest BCUT2D eigenvalue weighted by atomic mass is 10.2. The lowest BCUT2D eigenvalue weighted by molar-refractivity contribution is -0.389. The molecule has 0 unspecified atom stereocenters. The molecule has 20 heavy (non-hydrogen) atoms. The largest absolute Gasteiger partial charge is 0.444 e. The van der Waals surface area contributed by atoms with E-state index >= 15 is 0 Å². The SMILES string of the molecule is CCCCCC(=O)N[C@@H]1COc2nc([N+](=O)[O-])cn2C1. The monoisotopic (exact) mass is 282 g/mol. The van der Waals surface area contributed by atoms with Gasteiger partial charge in [-0.2, -0.15) is 0 Å². The molecular formula is C12H18N4O4. The predicted octanol–water partition coefficient (Wildman–Crippen LogP) is 1.25. The van der Waals surface area contributed by atoms with Crippen molar-refractivity contribution in [3.63, 3.8) is 0 Å². The summed E-state index contributed by atoms with van der Waals surface area (Å²) in [7, 11) is 0. The number of imidazole rings is 1. The molecule has 0 saturated heterocycles. The summed E-state index contributed by atoms with van der Waals surface area (Å²) >= 11 is 0. The van der Waals surface area contributed by atoms with Gasteiger partial charge in [-0.15, -0.1) is 0 Å². The number of nitrogens with zero attached hydrogens (tertiary/aromatic N) is 3. The summed E-state index contributed by atoms with van der Waals surface area (Å²) in [5.74, 6) is -0.250. The van der Waals surface area contributed by atoms with Crippen LogP contribution >= 0.6 is 0 Å². The second-order valence-corrected chi connectivity index (χ2v) is 4.82. The van der Waals surface area contributed by atoms with Gasteiger partial charge in [-0.3, -0.25) is 9.36 Å². The maximum absolute atomic E-state index is 11.7. The minimum Gasteiger partial charge on any atom is -0.444 e. The Labute approximate surface area is 116 Å². The minimum absolute atomic E-state index is 0.00915. The van der Waals surface area contributed by atoms with Crippen molar-refractivity contribution < 1.29 is 14.5 Å². The highest BCUT2D eigenvalue weighted by Crippen LogP contribution is 2.21. The van der Waals surface area contributed by atoms with Gasteiger partial charge in [0.25, 0.3) is 0 Å². The van der Waals surface area contributed by atoms with E-state index in [1.54, 1.807) is 4.57 Å². The van der Waals surface area contributed by atoms with Crippen LogP contribution < -0.4 is 10.1 Å². The van der Waals surface area contributed by atoms with E-state index in [9.17, 15) is 14.9 Å². The highest BCUT2D eigenvalue weighted by Gasteiger charge is 2.28. The quantitative estimate of drug-likeness (QED) is 0.481. The van der Waals surface area contributed by atoms with Gasteiger partial charge in [-0.25, -0.2) is 0 Å². The first-order valence-corrected chi connectivity index (χ1v) is 6.74. The lowest BCUT2D eigenvalue weighted by Crippen LogP contribution is -2.44. The van der Waals surface area contributed by atoms with Crippen molar-refractivity contribution >= 4 is 11.7 Å². The molecule has 0 aromatic carbocycles. The van der Waals surface area contributed by atoms with Crippen LogP contribution in [0.5, 0.6) is 6.01 Å². The van der Waals surface area contributed by atoms with Gasteiger partial charge in [0.05, 0.1) is 12.6 Å². The van der Waals surface area contributed by atoms with Crippen LogP contribution in [0.3, 0.4) is 0 Å². The molecular weight excluding hydrogens is 264 g/mol. The molecule has 0 bridgehead atoms. The Kier molecular flexibility index (Phi) is 4.54. The van der Waals surface area contributed by atoms with E-state index in [0.29, 0.717) is 13.0 Å². The first-order valence-electron chi connectivity index (χ1n) is 6.74. The van der Waals surface area contributed by atoms with Crippen LogP contribution in [0.2, 0.25) is 0 Å². The number of fused-ring (bicyclic) bond motifs is 1. The molecule has 0 spiro atoms. The summed E-state index contributed by atoms with van der Waals surface area (Å²) in [6, 6.07) is 0.0543. The summed E-state index contributed by atoms with van der Waals surface area (Å²) in [4.78, 5) is 25.5. The van der Waals surface area contributed by atoms with Gasteiger partial charge >= 0.3 is 11.8 Å². The molecule has 0 radical (unpaired) electrons. The molecule has 8 heteroatoms. The molecule has 1 aromatic rings.